The summed E-state index contributed by atoms with van der Waals surface area (Å²) >= 11 is 6.13. The Kier molecular flexibility index (Phi) is 4.19. The van der Waals surface area contributed by atoms with E-state index in [-0.39, 0.29) is 0 Å². The normalized spacial score (nSPS) is 19.1. The number of nitrogens with zero attached hydrogens (tertiary/aromatic N) is 2. The fourth-order valence-electron chi connectivity index (χ4n) is 2.62. The second-order valence-electron chi connectivity index (χ2n) is 5.18. The van der Waals surface area contributed by atoms with Gasteiger partial charge >= 0.3 is 0 Å². The number of nitrogens with one attached hydrogen (secondary N) is 1. The summed E-state index contributed by atoms with van der Waals surface area (Å²) in [5.74, 6) is 0.792. The van der Waals surface area contributed by atoms with Gasteiger partial charge in [0.1, 0.15) is 5.82 Å². The predicted octanol–water partition coefficient (Wildman–Crippen LogP) is 3.42. The van der Waals surface area contributed by atoms with Crippen molar-refractivity contribution in [1.82, 2.24) is 9.88 Å². The highest BCUT2D eigenvalue weighted by Crippen LogP contribution is 2.22. The molecule has 1 unspecified atom stereocenters. The highest BCUT2D eigenvalue weighted by atomic mass is 35.5. The van der Waals surface area contributed by atoms with Crippen molar-refractivity contribution in [3.63, 3.8) is 0 Å². The molecule has 3 nitrogen and oxygen atoms in total. The average molecular weight is 288 g/mol. The first-order chi connectivity index (χ1) is 9.81. The molecule has 1 aliphatic rings. The van der Waals surface area contributed by atoms with Gasteiger partial charge in [0.05, 0.1) is 5.02 Å². The standard InChI is InChI=1S/C16H18ClN3/c17-15-7-4-9-18-16(15)19-14-8-10-20(12-14)11-13-5-2-1-3-6-13/h1-7,9,14H,8,10-12H2,(H,18,19). The van der Waals surface area contributed by atoms with Crippen molar-refractivity contribution in [1.29, 1.82) is 0 Å². The van der Waals surface area contributed by atoms with Crippen molar-refractivity contribution in [3.05, 3.63) is 59.2 Å². The molecular weight excluding hydrogens is 270 g/mol. The summed E-state index contributed by atoms with van der Waals surface area (Å²) in [6, 6.07) is 14.7. The molecule has 3 rings (SSSR count). The first-order valence-electron chi connectivity index (χ1n) is 6.94. The van der Waals surface area contributed by atoms with E-state index in [9.17, 15) is 0 Å². The molecule has 1 N–H and O–H groups in total. The highest BCUT2D eigenvalue weighted by molar-refractivity contribution is 6.32. The Morgan fingerprint density at radius 2 is 2.05 bits per heavy atom. The minimum atomic E-state index is 0.422. The van der Waals surface area contributed by atoms with Crippen molar-refractivity contribution in [3.8, 4) is 0 Å². The van der Waals surface area contributed by atoms with Crippen LogP contribution in [0.5, 0.6) is 0 Å². The SMILES string of the molecule is Clc1cccnc1NC1CCN(Cc2ccccc2)C1. The lowest BCUT2D eigenvalue weighted by Gasteiger charge is -2.17. The summed E-state index contributed by atoms with van der Waals surface area (Å²) in [6.07, 6.45) is 2.89. The van der Waals surface area contributed by atoms with Crippen LogP contribution in [0.15, 0.2) is 48.7 Å². The molecule has 1 fully saturated rings. The van der Waals surface area contributed by atoms with Crippen LogP contribution in [0.3, 0.4) is 0 Å². The van der Waals surface area contributed by atoms with Gasteiger partial charge in [0.2, 0.25) is 0 Å². The van der Waals surface area contributed by atoms with E-state index in [4.69, 9.17) is 11.6 Å². The van der Waals surface area contributed by atoms with Crippen molar-refractivity contribution in [2.24, 2.45) is 0 Å². The van der Waals surface area contributed by atoms with Gasteiger partial charge in [-0.2, -0.15) is 0 Å². The van der Waals surface area contributed by atoms with Crippen LogP contribution in [0.25, 0.3) is 0 Å². The van der Waals surface area contributed by atoms with Crippen LogP contribution in [0.2, 0.25) is 5.02 Å². The molecule has 1 saturated heterocycles. The van der Waals surface area contributed by atoms with Gasteiger partial charge in [0, 0.05) is 31.9 Å². The molecule has 0 spiro atoms. The Morgan fingerprint density at radius 1 is 1.20 bits per heavy atom. The fourth-order valence-corrected chi connectivity index (χ4v) is 2.80. The Morgan fingerprint density at radius 3 is 2.85 bits per heavy atom. The van der Waals surface area contributed by atoms with Crippen molar-refractivity contribution >= 4 is 17.4 Å². The van der Waals surface area contributed by atoms with Crippen LogP contribution < -0.4 is 5.32 Å². The Hall–Kier alpha value is -1.58. The Labute approximate surface area is 124 Å². The molecule has 0 radical (unpaired) electrons. The molecule has 4 heteroatoms. The van der Waals surface area contributed by atoms with Gasteiger partial charge in [-0.05, 0) is 24.1 Å². The topological polar surface area (TPSA) is 28.2 Å². The number of pyridine rings is 1. The maximum atomic E-state index is 6.13. The van der Waals surface area contributed by atoms with Gasteiger partial charge in [0.15, 0.2) is 0 Å². The van der Waals surface area contributed by atoms with E-state index < -0.39 is 0 Å². The van der Waals surface area contributed by atoms with Gasteiger partial charge in [-0.15, -0.1) is 0 Å². The van der Waals surface area contributed by atoms with Crippen LogP contribution in [-0.4, -0.2) is 29.0 Å². The van der Waals surface area contributed by atoms with Gasteiger partial charge in [0.25, 0.3) is 0 Å². The number of aromatic nitrogens is 1. The van der Waals surface area contributed by atoms with Crippen molar-refractivity contribution < 1.29 is 0 Å². The van der Waals surface area contributed by atoms with E-state index in [1.54, 1.807) is 6.20 Å². The number of hydrogen-bond acceptors (Lipinski definition) is 3. The molecular formula is C16H18ClN3. The molecule has 0 aliphatic carbocycles. The average Bonchev–Trinajstić information content (AvgIpc) is 2.90. The summed E-state index contributed by atoms with van der Waals surface area (Å²) in [6.45, 7) is 3.15. The Balaban J connectivity index is 1.56. The van der Waals surface area contributed by atoms with Gasteiger partial charge in [-0.25, -0.2) is 4.98 Å². The molecule has 0 saturated carbocycles. The van der Waals surface area contributed by atoms with Crippen LogP contribution in [0, 0.1) is 0 Å². The van der Waals surface area contributed by atoms with Crippen LogP contribution >= 0.6 is 11.6 Å². The van der Waals surface area contributed by atoms with Gasteiger partial charge in [-0.1, -0.05) is 41.9 Å². The molecule has 2 aromatic rings. The number of anilines is 1. The number of rotatable bonds is 4. The third-order valence-corrected chi connectivity index (χ3v) is 3.93. The molecule has 1 aromatic heterocycles. The Bertz CT molecular complexity index is 559. The summed E-state index contributed by atoms with van der Waals surface area (Å²) < 4.78 is 0. The zero-order valence-electron chi connectivity index (χ0n) is 11.3. The number of benzene rings is 1. The molecule has 1 aliphatic heterocycles. The maximum absolute atomic E-state index is 6.13. The minimum absolute atomic E-state index is 0.422. The first-order valence-corrected chi connectivity index (χ1v) is 7.32. The number of likely N-dealkylation sites (tertiary alicyclic amines) is 1. The first kappa shape index (κ1) is 13.4. The second kappa shape index (κ2) is 6.25. The van der Waals surface area contributed by atoms with Crippen LogP contribution in [0.4, 0.5) is 5.82 Å². The van der Waals surface area contributed by atoms with Crippen LogP contribution in [-0.2, 0) is 6.54 Å². The van der Waals surface area contributed by atoms with Crippen LogP contribution in [0.1, 0.15) is 12.0 Å². The largest absolute Gasteiger partial charge is 0.365 e. The third kappa shape index (κ3) is 3.30. The lowest BCUT2D eigenvalue weighted by atomic mass is 10.2. The van der Waals surface area contributed by atoms with Crippen molar-refractivity contribution in [2.75, 3.05) is 18.4 Å². The molecule has 1 aromatic carbocycles. The van der Waals surface area contributed by atoms with E-state index >= 15 is 0 Å². The van der Waals surface area contributed by atoms with Crippen molar-refractivity contribution in [2.45, 2.75) is 19.0 Å². The molecule has 104 valence electrons. The smallest absolute Gasteiger partial charge is 0.145 e. The van der Waals surface area contributed by atoms with Gasteiger partial charge < -0.3 is 5.32 Å². The molecule has 20 heavy (non-hydrogen) atoms. The zero-order chi connectivity index (χ0) is 13.8. The maximum Gasteiger partial charge on any atom is 0.145 e. The second-order valence-corrected chi connectivity index (χ2v) is 5.59. The lowest BCUT2D eigenvalue weighted by Crippen LogP contribution is -2.26. The van der Waals surface area contributed by atoms with E-state index in [0.717, 1.165) is 31.9 Å². The molecule has 0 bridgehead atoms. The van der Waals surface area contributed by atoms with E-state index in [1.807, 2.05) is 12.1 Å². The molecule has 1 atom stereocenters. The fraction of sp³-hybridized carbons (Fsp3) is 0.312. The summed E-state index contributed by atoms with van der Waals surface area (Å²) in [5.41, 5.74) is 1.36. The minimum Gasteiger partial charge on any atom is -0.365 e. The highest BCUT2D eigenvalue weighted by Gasteiger charge is 2.23. The molecule has 0 amide bonds. The number of hydrogen-bond donors (Lipinski definition) is 1. The van der Waals surface area contributed by atoms with E-state index in [1.165, 1.54) is 5.56 Å². The zero-order valence-corrected chi connectivity index (χ0v) is 12.1. The van der Waals surface area contributed by atoms with E-state index in [0.29, 0.717) is 11.1 Å². The predicted molar refractivity (Wildman–Crippen MR) is 83.0 cm³/mol. The van der Waals surface area contributed by atoms with Gasteiger partial charge in [-0.3, -0.25) is 4.90 Å². The summed E-state index contributed by atoms with van der Waals surface area (Å²) in [5, 5.41) is 4.13. The van der Waals surface area contributed by atoms with E-state index in [2.05, 4.69) is 45.5 Å². The summed E-state index contributed by atoms with van der Waals surface area (Å²) in [7, 11) is 0. The number of halogens is 1. The quantitative estimate of drug-likeness (QED) is 0.934. The monoisotopic (exact) mass is 287 g/mol. The molecule has 2 heterocycles. The third-order valence-electron chi connectivity index (χ3n) is 3.62. The summed E-state index contributed by atoms with van der Waals surface area (Å²) in [4.78, 5) is 6.75. The lowest BCUT2D eigenvalue weighted by molar-refractivity contribution is 0.328.